The van der Waals surface area contributed by atoms with E-state index in [0.717, 1.165) is 11.1 Å². The predicted molar refractivity (Wildman–Crippen MR) is 173 cm³/mol. The van der Waals surface area contributed by atoms with E-state index in [4.69, 9.17) is 0 Å². The summed E-state index contributed by atoms with van der Waals surface area (Å²) >= 11 is 3.69. The Morgan fingerprint density at radius 2 is 1.07 bits per heavy atom. The predicted octanol–water partition coefficient (Wildman–Crippen LogP) is 11.3. The van der Waals surface area contributed by atoms with Crippen molar-refractivity contribution in [3.8, 4) is 39.4 Å². The van der Waals surface area contributed by atoms with Gasteiger partial charge in [-0.1, -0.05) is 97.1 Å². The highest BCUT2D eigenvalue weighted by atomic mass is 32.1. The van der Waals surface area contributed by atoms with Crippen molar-refractivity contribution in [2.75, 3.05) is 0 Å². The molecule has 6 aromatic carbocycles. The Hall–Kier alpha value is -4.75. The van der Waals surface area contributed by atoms with Crippen LogP contribution in [0.5, 0.6) is 0 Å². The maximum atomic E-state index is 9.79. The van der Waals surface area contributed by atoms with Gasteiger partial charge in [0, 0.05) is 45.9 Å². The summed E-state index contributed by atoms with van der Waals surface area (Å²) in [6.45, 7) is 0. The van der Waals surface area contributed by atoms with E-state index < -0.39 is 0 Å². The highest BCUT2D eigenvalue weighted by molar-refractivity contribution is 7.26. The molecule has 40 heavy (non-hydrogen) atoms. The third kappa shape index (κ3) is 3.51. The Labute approximate surface area is 239 Å². The average molecular weight is 544 g/mol. The summed E-state index contributed by atoms with van der Waals surface area (Å²) in [4.78, 5) is 0. The normalized spacial score (nSPS) is 11.5. The van der Waals surface area contributed by atoms with Crippen LogP contribution in [0.25, 0.3) is 73.7 Å². The molecule has 2 aromatic heterocycles. The van der Waals surface area contributed by atoms with Gasteiger partial charge in [-0.05, 0) is 58.1 Å². The van der Waals surface area contributed by atoms with Crippen molar-refractivity contribution >= 4 is 63.0 Å². The molecule has 186 valence electrons. The zero-order chi connectivity index (χ0) is 26.6. The number of fused-ring (bicyclic) bond motifs is 6. The van der Waals surface area contributed by atoms with Crippen molar-refractivity contribution < 1.29 is 0 Å². The summed E-state index contributed by atoms with van der Waals surface area (Å²) in [5.41, 5.74) is 7.68. The Balaban J connectivity index is 1.50. The van der Waals surface area contributed by atoms with Crippen LogP contribution in [0.15, 0.2) is 127 Å². The van der Waals surface area contributed by atoms with Crippen molar-refractivity contribution in [3.63, 3.8) is 0 Å². The summed E-state index contributed by atoms with van der Waals surface area (Å²) in [6, 6.07) is 47.7. The van der Waals surface area contributed by atoms with Gasteiger partial charge in [0.1, 0.15) is 0 Å². The lowest BCUT2D eigenvalue weighted by Gasteiger charge is -2.18. The lowest BCUT2D eigenvalue weighted by molar-refractivity contribution is 1.48. The molecule has 0 aliphatic heterocycles. The van der Waals surface area contributed by atoms with Crippen molar-refractivity contribution in [2.45, 2.75) is 0 Å². The van der Waals surface area contributed by atoms with Crippen LogP contribution in [-0.4, -0.2) is 0 Å². The number of rotatable bonds is 3. The Morgan fingerprint density at radius 1 is 0.475 bits per heavy atom. The topological polar surface area (TPSA) is 23.8 Å². The van der Waals surface area contributed by atoms with E-state index in [1.165, 1.54) is 62.6 Å². The molecule has 0 spiro atoms. The Bertz CT molecular complexity index is 2290. The van der Waals surface area contributed by atoms with Crippen molar-refractivity contribution in [3.05, 3.63) is 133 Å². The highest BCUT2D eigenvalue weighted by Gasteiger charge is 2.20. The first-order valence-corrected chi connectivity index (χ1v) is 14.9. The monoisotopic (exact) mass is 543 g/mol. The SMILES string of the molecule is N#Cc1cccc(-c2c(-c3cccc4c3sc3ccccc34)cccc2-c2cccc3sc4ccccc4c23)c1. The molecule has 0 bridgehead atoms. The third-order valence-corrected chi connectivity index (χ3v) is 10.1. The van der Waals surface area contributed by atoms with E-state index in [2.05, 4.69) is 115 Å². The zero-order valence-corrected chi connectivity index (χ0v) is 23.0. The fourth-order valence-corrected chi connectivity index (χ4v) is 8.38. The van der Waals surface area contributed by atoms with Gasteiger partial charge in [0.25, 0.3) is 0 Å². The molecular weight excluding hydrogens is 523 g/mol. The number of benzene rings is 6. The summed E-state index contributed by atoms with van der Waals surface area (Å²) in [5.74, 6) is 0. The second kappa shape index (κ2) is 9.17. The second-order valence-corrected chi connectivity index (χ2v) is 12.1. The molecule has 0 radical (unpaired) electrons. The van der Waals surface area contributed by atoms with Gasteiger partial charge >= 0.3 is 0 Å². The molecule has 0 atom stereocenters. The molecule has 0 saturated carbocycles. The lowest BCUT2D eigenvalue weighted by atomic mass is 9.85. The molecule has 0 saturated heterocycles. The van der Waals surface area contributed by atoms with Crippen LogP contribution in [0.2, 0.25) is 0 Å². The summed E-state index contributed by atoms with van der Waals surface area (Å²) in [6.07, 6.45) is 0. The molecule has 3 heteroatoms. The molecule has 2 heterocycles. The number of hydrogen-bond donors (Lipinski definition) is 0. The molecule has 0 amide bonds. The van der Waals surface area contributed by atoms with Crippen LogP contribution in [0.4, 0.5) is 0 Å². The first-order valence-electron chi connectivity index (χ1n) is 13.2. The average Bonchev–Trinajstić information content (AvgIpc) is 3.59. The molecule has 8 rings (SSSR count). The van der Waals surface area contributed by atoms with Crippen LogP contribution in [0.3, 0.4) is 0 Å². The smallest absolute Gasteiger partial charge is 0.0991 e. The van der Waals surface area contributed by atoms with Gasteiger partial charge in [-0.25, -0.2) is 0 Å². The van der Waals surface area contributed by atoms with Crippen LogP contribution in [-0.2, 0) is 0 Å². The number of nitriles is 1. The van der Waals surface area contributed by atoms with E-state index in [1.54, 1.807) is 0 Å². The lowest BCUT2D eigenvalue weighted by Crippen LogP contribution is -1.92. The fourth-order valence-electron chi connectivity index (χ4n) is 6.01. The van der Waals surface area contributed by atoms with E-state index in [0.29, 0.717) is 5.56 Å². The largest absolute Gasteiger partial charge is 0.192 e. The van der Waals surface area contributed by atoms with E-state index in [9.17, 15) is 5.26 Å². The summed E-state index contributed by atoms with van der Waals surface area (Å²) < 4.78 is 5.16. The second-order valence-electron chi connectivity index (χ2n) is 9.98. The number of hydrogen-bond acceptors (Lipinski definition) is 3. The van der Waals surface area contributed by atoms with Crippen molar-refractivity contribution in [2.24, 2.45) is 0 Å². The number of nitrogens with zero attached hydrogens (tertiary/aromatic N) is 1. The first-order chi connectivity index (χ1) is 19.8. The van der Waals surface area contributed by atoms with Gasteiger partial charge < -0.3 is 0 Å². The van der Waals surface area contributed by atoms with Gasteiger partial charge in [-0.15, -0.1) is 22.7 Å². The summed E-state index contributed by atoms with van der Waals surface area (Å²) in [7, 11) is 0. The standard InChI is InChI=1S/C37H21NS2/c38-22-23-9-5-10-24(21-23)35-26(27-15-8-20-34-36(27)31-12-2-4-19-33(31)39-34)13-6-14-28(35)30-17-7-16-29-25-11-1-3-18-32(25)40-37(29)30/h1-21H. The number of thiophene rings is 2. The quantitative estimate of drug-likeness (QED) is 0.217. The first kappa shape index (κ1) is 23.2. The highest BCUT2D eigenvalue weighted by Crippen LogP contribution is 2.48. The minimum absolute atomic E-state index is 0.664. The maximum absolute atomic E-state index is 9.79. The minimum Gasteiger partial charge on any atom is -0.192 e. The van der Waals surface area contributed by atoms with Crippen molar-refractivity contribution in [1.82, 2.24) is 0 Å². The van der Waals surface area contributed by atoms with Crippen LogP contribution >= 0.6 is 22.7 Å². The van der Waals surface area contributed by atoms with Crippen molar-refractivity contribution in [1.29, 1.82) is 5.26 Å². The molecule has 8 aromatic rings. The zero-order valence-electron chi connectivity index (χ0n) is 21.4. The molecule has 0 unspecified atom stereocenters. The van der Waals surface area contributed by atoms with Crippen LogP contribution in [0, 0.1) is 11.3 Å². The van der Waals surface area contributed by atoms with Crippen LogP contribution < -0.4 is 0 Å². The minimum atomic E-state index is 0.664. The maximum Gasteiger partial charge on any atom is 0.0991 e. The molecule has 0 N–H and O–H groups in total. The molecular formula is C37H21NS2. The molecule has 0 aliphatic carbocycles. The Kier molecular flexibility index (Phi) is 5.31. The Morgan fingerprint density at radius 3 is 1.93 bits per heavy atom. The molecule has 0 fully saturated rings. The van der Waals surface area contributed by atoms with Gasteiger partial charge in [-0.3, -0.25) is 0 Å². The van der Waals surface area contributed by atoms with Crippen LogP contribution in [0.1, 0.15) is 5.56 Å². The molecule has 1 nitrogen and oxygen atoms in total. The third-order valence-electron chi connectivity index (χ3n) is 7.73. The van der Waals surface area contributed by atoms with Gasteiger partial charge in [0.15, 0.2) is 0 Å². The van der Waals surface area contributed by atoms with E-state index in [1.807, 2.05) is 40.9 Å². The summed E-state index contributed by atoms with van der Waals surface area (Å²) in [5, 5.41) is 14.9. The van der Waals surface area contributed by atoms with Gasteiger partial charge in [0.05, 0.1) is 11.6 Å². The fraction of sp³-hybridized carbons (Fsp3) is 0. The van der Waals surface area contributed by atoms with E-state index >= 15 is 0 Å². The van der Waals surface area contributed by atoms with E-state index in [-0.39, 0.29) is 0 Å². The molecule has 0 aliphatic rings. The van der Waals surface area contributed by atoms with Gasteiger partial charge in [0.2, 0.25) is 0 Å². The van der Waals surface area contributed by atoms with Gasteiger partial charge in [-0.2, -0.15) is 5.26 Å².